The Kier molecular flexibility index (Phi) is 4.07. The molecule has 0 saturated heterocycles. The smallest absolute Gasteiger partial charge is 0.244 e. The first-order valence-electron chi connectivity index (χ1n) is 4.72. The van der Waals surface area contributed by atoms with Crippen LogP contribution in [0.1, 0.15) is 0 Å². The van der Waals surface area contributed by atoms with E-state index in [2.05, 4.69) is 4.98 Å². The van der Waals surface area contributed by atoms with Gasteiger partial charge in [-0.2, -0.15) is 4.98 Å². The van der Waals surface area contributed by atoms with E-state index < -0.39 is 0 Å². The van der Waals surface area contributed by atoms with Crippen molar-refractivity contribution in [2.75, 3.05) is 5.73 Å². The van der Waals surface area contributed by atoms with Gasteiger partial charge in [-0.05, 0) is 18.2 Å². The summed E-state index contributed by atoms with van der Waals surface area (Å²) in [6.07, 6.45) is 0. The summed E-state index contributed by atoms with van der Waals surface area (Å²) in [5.41, 5.74) is 6.04. The molecule has 0 aliphatic carbocycles. The number of rotatable bonds is 2. The van der Waals surface area contributed by atoms with Crippen molar-refractivity contribution in [3.8, 4) is 11.6 Å². The number of aromatic nitrogens is 1. The number of pyridine rings is 1. The Hall–Kier alpha value is -0.870. The third-order valence-electron chi connectivity index (χ3n) is 2.04. The first-order valence-corrected chi connectivity index (χ1v) is 6.23. The molecule has 1 aromatic carbocycles. The quantitative estimate of drug-likeness (QED) is 0.620. The second kappa shape index (κ2) is 5.41. The molecule has 0 radical (unpaired) electrons. The van der Waals surface area contributed by atoms with E-state index in [0.29, 0.717) is 26.5 Å². The van der Waals surface area contributed by atoms with Crippen LogP contribution in [0.4, 0.5) is 5.69 Å². The summed E-state index contributed by atoms with van der Waals surface area (Å²) in [7, 11) is 0. The molecule has 2 rings (SSSR count). The molecule has 94 valence electrons. The summed E-state index contributed by atoms with van der Waals surface area (Å²) >= 11 is 23.4. The van der Waals surface area contributed by atoms with Crippen LogP contribution in [-0.2, 0) is 0 Å². The highest BCUT2D eigenvalue weighted by Crippen LogP contribution is 2.37. The molecule has 0 spiro atoms. The van der Waals surface area contributed by atoms with Crippen molar-refractivity contribution < 1.29 is 4.74 Å². The van der Waals surface area contributed by atoms with Crippen molar-refractivity contribution in [1.82, 2.24) is 4.98 Å². The summed E-state index contributed by atoms with van der Waals surface area (Å²) < 4.78 is 5.46. The molecular formula is C11H6Cl4N2O. The average molecular weight is 324 g/mol. The van der Waals surface area contributed by atoms with Crippen LogP contribution in [-0.4, -0.2) is 4.98 Å². The summed E-state index contributed by atoms with van der Waals surface area (Å²) in [6, 6.07) is 6.09. The van der Waals surface area contributed by atoms with Gasteiger partial charge < -0.3 is 10.5 Å². The maximum Gasteiger partial charge on any atom is 0.244 e. The van der Waals surface area contributed by atoms with Gasteiger partial charge in [0, 0.05) is 6.07 Å². The van der Waals surface area contributed by atoms with Gasteiger partial charge in [0.15, 0.2) is 0 Å². The molecule has 1 heterocycles. The van der Waals surface area contributed by atoms with Crippen LogP contribution >= 0.6 is 46.4 Å². The number of nitrogens with two attached hydrogens (primary N) is 1. The fourth-order valence-corrected chi connectivity index (χ4v) is 1.91. The van der Waals surface area contributed by atoms with Gasteiger partial charge >= 0.3 is 0 Å². The molecule has 0 bridgehead atoms. The van der Waals surface area contributed by atoms with Crippen molar-refractivity contribution in [3.05, 3.63) is 44.5 Å². The van der Waals surface area contributed by atoms with Crippen LogP contribution in [0.25, 0.3) is 0 Å². The predicted octanol–water partition coefficient (Wildman–Crippen LogP) is 5.07. The van der Waals surface area contributed by atoms with E-state index in [4.69, 9.17) is 56.9 Å². The molecule has 7 heteroatoms. The van der Waals surface area contributed by atoms with Crippen LogP contribution in [0.5, 0.6) is 11.6 Å². The maximum absolute atomic E-state index is 5.97. The summed E-state index contributed by atoms with van der Waals surface area (Å²) in [5, 5.41) is 1.21. The van der Waals surface area contributed by atoms with E-state index in [1.165, 1.54) is 12.1 Å². The van der Waals surface area contributed by atoms with Gasteiger partial charge in [-0.1, -0.05) is 46.4 Å². The number of benzene rings is 1. The van der Waals surface area contributed by atoms with Gasteiger partial charge in [0.2, 0.25) is 5.88 Å². The summed E-state index contributed by atoms with van der Waals surface area (Å²) in [5.74, 6) is 0.454. The molecule has 0 aliphatic heterocycles. The third kappa shape index (κ3) is 2.93. The SMILES string of the molecule is Nc1ccc(Cl)nc1Oc1cc(Cl)c(Cl)cc1Cl. The van der Waals surface area contributed by atoms with Crippen molar-refractivity contribution in [2.45, 2.75) is 0 Å². The van der Waals surface area contributed by atoms with E-state index in [1.54, 1.807) is 12.1 Å². The van der Waals surface area contributed by atoms with E-state index in [9.17, 15) is 0 Å². The lowest BCUT2D eigenvalue weighted by molar-refractivity contribution is 0.466. The van der Waals surface area contributed by atoms with Gasteiger partial charge in [-0.25, -0.2) is 0 Å². The minimum Gasteiger partial charge on any atom is -0.435 e. The highest BCUT2D eigenvalue weighted by Gasteiger charge is 2.11. The van der Waals surface area contributed by atoms with Gasteiger partial charge in [0.05, 0.1) is 20.8 Å². The van der Waals surface area contributed by atoms with E-state index in [-0.39, 0.29) is 11.0 Å². The normalized spacial score (nSPS) is 10.4. The number of nitrogens with zero attached hydrogens (tertiary/aromatic N) is 1. The van der Waals surface area contributed by atoms with Gasteiger partial charge in [0.1, 0.15) is 10.9 Å². The number of halogens is 4. The Morgan fingerprint density at radius 2 is 1.61 bits per heavy atom. The fraction of sp³-hybridized carbons (Fsp3) is 0. The minimum atomic E-state index is 0.155. The number of nitrogen functional groups attached to an aromatic ring is 1. The van der Waals surface area contributed by atoms with Crippen LogP contribution in [0.2, 0.25) is 20.2 Å². The lowest BCUT2D eigenvalue weighted by Crippen LogP contribution is -1.95. The molecule has 0 atom stereocenters. The van der Waals surface area contributed by atoms with Crippen molar-refractivity contribution in [1.29, 1.82) is 0 Å². The topological polar surface area (TPSA) is 48.1 Å². The first kappa shape index (κ1) is 13.6. The monoisotopic (exact) mass is 322 g/mol. The Labute approximate surface area is 123 Å². The Bertz CT molecular complexity index is 604. The zero-order valence-corrected chi connectivity index (χ0v) is 11.8. The predicted molar refractivity (Wildman–Crippen MR) is 75.2 cm³/mol. The Morgan fingerprint density at radius 1 is 0.944 bits per heavy atom. The molecule has 0 saturated carbocycles. The van der Waals surface area contributed by atoms with Crippen molar-refractivity contribution >= 4 is 52.1 Å². The Morgan fingerprint density at radius 3 is 2.33 bits per heavy atom. The highest BCUT2D eigenvalue weighted by molar-refractivity contribution is 6.43. The van der Waals surface area contributed by atoms with E-state index in [1.807, 2.05) is 0 Å². The molecule has 0 amide bonds. The minimum absolute atomic E-state index is 0.155. The molecule has 0 fully saturated rings. The Balaban J connectivity index is 2.40. The molecule has 2 aromatic rings. The highest BCUT2D eigenvalue weighted by atomic mass is 35.5. The number of hydrogen-bond acceptors (Lipinski definition) is 3. The largest absolute Gasteiger partial charge is 0.435 e. The second-order valence-electron chi connectivity index (χ2n) is 3.33. The molecule has 18 heavy (non-hydrogen) atoms. The number of anilines is 1. The lowest BCUT2D eigenvalue weighted by Gasteiger charge is -2.10. The summed E-state index contributed by atoms with van der Waals surface area (Å²) in [4.78, 5) is 3.94. The maximum atomic E-state index is 5.97. The van der Waals surface area contributed by atoms with Crippen LogP contribution in [0, 0.1) is 0 Å². The number of ether oxygens (including phenoxy) is 1. The van der Waals surface area contributed by atoms with Crippen LogP contribution in [0.15, 0.2) is 24.3 Å². The average Bonchev–Trinajstić information content (AvgIpc) is 2.30. The zero-order valence-electron chi connectivity index (χ0n) is 8.75. The fourth-order valence-electron chi connectivity index (χ4n) is 1.20. The zero-order chi connectivity index (χ0) is 13.3. The number of hydrogen-bond donors (Lipinski definition) is 1. The van der Waals surface area contributed by atoms with Crippen LogP contribution < -0.4 is 10.5 Å². The standard InChI is InChI=1S/C11H6Cl4N2O/c12-5-3-7(14)9(4-6(5)13)18-11-8(16)1-2-10(15)17-11/h1-4H,16H2. The molecule has 0 aliphatic rings. The molecular weight excluding hydrogens is 318 g/mol. The van der Waals surface area contributed by atoms with Crippen LogP contribution in [0.3, 0.4) is 0 Å². The molecule has 0 unspecified atom stereocenters. The van der Waals surface area contributed by atoms with Gasteiger partial charge in [0.25, 0.3) is 0 Å². The van der Waals surface area contributed by atoms with E-state index >= 15 is 0 Å². The molecule has 2 N–H and O–H groups in total. The van der Waals surface area contributed by atoms with Crippen molar-refractivity contribution in [2.24, 2.45) is 0 Å². The van der Waals surface area contributed by atoms with Crippen molar-refractivity contribution in [3.63, 3.8) is 0 Å². The first-order chi connectivity index (χ1) is 8.47. The van der Waals surface area contributed by atoms with E-state index in [0.717, 1.165) is 0 Å². The molecule has 1 aromatic heterocycles. The third-order valence-corrected chi connectivity index (χ3v) is 3.27. The van der Waals surface area contributed by atoms with Gasteiger partial charge in [-0.15, -0.1) is 0 Å². The second-order valence-corrected chi connectivity index (χ2v) is 4.94. The lowest BCUT2D eigenvalue weighted by atomic mass is 10.3. The van der Waals surface area contributed by atoms with Gasteiger partial charge in [-0.3, -0.25) is 0 Å². The summed E-state index contributed by atoms with van der Waals surface area (Å²) in [6.45, 7) is 0. The molecule has 3 nitrogen and oxygen atoms in total.